The lowest BCUT2D eigenvalue weighted by atomic mass is 10.0. The lowest BCUT2D eigenvalue weighted by Crippen LogP contribution is -2.46. The summed E-state index contributed by atoms with van der Waals surface area (Å²) >= 11 is 6.32. The summed E-state index contributed by atoms with van der Waals surface area (Å²) in [6.45, 7) is 6.28. The van der Waals surface area contributed by atoms with Crippen LogP contribution in [0.2, 0.25) is 5.15 Å². The molecule has 2 aromatic rings. The molecule has 1 saturated heterocycles. The van der Waals surface area contributed by atoms with Crippen molar-refractivity contribution in [2.24, 2.45) is 0 Å². The highest BCUT2D eigenvalue weighted by atomic mass is 35.5. The van der Waals surface area contributed by atoms with Gasteiger partial charge in [-0.05, 0) is 36.8 Å². The Balaban J connectivity index is 1.40. The Labute approximate surface area is 191 Å². The molecule has 0 saturated carbocycles. The number of aromatic nitrogens is 1. The number of hydrogen-bond donors (Lipinski definition) is 2. The van der Waals surface area contributed by atoms with Crippen LogP contribution in [-0.2, 0) is 13.1 Å². The topological polar surface area (TPSA) is 80.8 Å². The van der Waals surface area contributed by atoms with Crippen LogP contribution in [0.1, 0.15) is 28.5 Å². The van der Waals surface area contributed by atoms with Crippen molar-refractivity contribution < 1.29 is 14.0 Å². The smallest absolute Gasteiger partial charge is 0.322 e. The molecule has 1 aromatic heterocycles. The summed E-state index contributed by atoms with van der Waals surface area (Å²) in [5, 5.41) is 5.63. The second kappa shape index (κ2) is 9.30. The summed E-state index contributed by atoms with van der Waals surface area (Å²) in [7, 11) is 1.55. The molecular weight excluding hydrogens is 435 g/mol. The molecule has 2 N–H and O–H groups in total. The molecular formula is C22H26ClFN6O2. The Kier molecular flexibility index (Phi) is 6.48. The number of nitrogens with one attached hydrogen (secondary N) is 2. The molecule has 10 heteroatoms. The predicted octanol–water partition coefficient (Wildman–Crippen LogP) is 2.92. The normalized spacial score (nSPS) is 16.6. The SMILES string of the molecule is CCN1Cc2c(F)cc(CN3CCN(c4ccc(C(=O)NC)nc4Cl)CC3)cc2NC1=O. The van der Waals surface area contributed by atoms with E-state index >= 15 is 0 Å². The highest BCUT2D eigenvalue weighted by Crippen LogP contribution is 2.29. The van der Waals surface area contributed by atoms with Crippen LogP contribution in [0.25, 0.3) is 0 Å². The van der Waals surface area contributed by atoms with Gasteiger partial charge >= 0.3 is 6.03 Å². The van der Waals surface area contributed by atoms with Gasteiger partial charge in [-0.2, -0.15) is 0 Å². The molecule has 170 valence electrons. The van der Waals surface area contributed by atoms with E-state index < -0.39 is 0 Å². The van der Waals surface area contributed by atoms with Gasteiger partial charge in [0.25, 0.3) is 5.91 Å². The van der Waals surface area contributed by atoms with Gasteiger partial charge in [0, 0.05) is 51.9 Å². The van der Waals surface area contributed by atoms with Crippen LogP contribution in [-0.4, -0.2) is 66.5 Å². The van der Waals surface area contributed by atoms with Gasteiger partial charge < -0.3 is 20.4 Å². The average Bonchev–Trinajstić information content (AvgIpc) is 2.78. The molecule has 0 radical (unpaired) electrons. The number of urea groups is 1. The maximum absolute atomic E-state index is 14.7. The molecule has 0 spiro atoms. The zero-order valence-corrected chi connectivity index (χ0v) is 18.9. The second-order valence-electron chi connectivity index (χ2n) is 7.90. The Morgan fingerprint density at radius 2 is 2.00 bits per heavy atom. The van der Waals surface area contributed by atoms with Crippen LogP contribution in [0, 0.1) is 5.82 Å². The highest BCUT2D eigenvalue weighted by Gasteiger charge is 2.26. The van der Waals surface area contributed by atoms with Gasteiger partial charge in [-0.15, -0.1) is 0 Å². The molecule has 4 rings (SSSR count). The standard InChI is InChI=1S/C22H26ClFN6O2/c1-3-29-13-15-16(24)10-14(11-18(15)27-22(29)32)12-28-6-8-30(9-7-28)19-5-4-17(21(31)25-2)26-20(19)23/h4-5,10-11H,3,6-9,12-13H2,1-2H3,(H,25,31)(H,27,32). The lowest BCUT2D eigenvalue weighted by Gasteiger charge is -2.36. The minimum absolute atomic E-state index is 0.196. The van der Waals surface area contributed by atoms with E-state index in [0.717, 1.165) is 37.4 Å². The molecule has 0 unspecified atom stereocenters. The van der Waals surface area contributed by atoms with Crippen molar-refractivity contribution in [2.45, 2.75) is 20.0 Å². The van der Waals surface area contributed by atoms with Gasteiger partial charge in [-0.3, -0.25) is 9.69 Å². The van der Waals surface area contributed by atoms with E-state index in [9.17, 15) is 14.0 Å². The number of anilines is 2. The summed E-state index contributed by atoms with van der Waals surface area (Å²) in [6.07, 6.45) is 0. The van der Waals surface area contributed by atoms with E-state index in [4.69, 9.17) is 11.6 Å². The van der Waals surface area contributed by atoms with E-state index in [2.05, 4.69) is 25.4 Å². The van der Waals surface area contributed by atoms with Crippen molar-refractivity contribution in [1.29, 1.82) is 0 Å². The monoisotopic (exact) mass is 460 g/mol. The highest BCUT2D eigenvalue weighted by molar-refractivity contribution is 6.32. The third kappa shape index (κ3) is 4.49. The number of pyridine rings is 1. The van der Waals surface area contributed by atoms with E-state index in [-0.39, 0.29) is 30.0 Å². The Hall–Kier alpha value is -2.91. The van der Waals surface area contributed by atoms with Gasteiger partial charge in [-0.25, -0.2) is 14.2 Å². The van der Waals surface area contributed by atoms with E-state index in [0.29, 0.717) is 29.5 Å². The largest absolute Gasteiger partial charge is 0.366 e. The van der Waals surface area contributed by atoms with Gasteiger partial charge in [0.1, 0.15) is 11.5 Å². The summed E-state index contributed by atoms with van der Waals surface area (Å²) in [6, 6.07) is 6.72. The van der Waals surface area contributed by atoms with Crippen molar-refractivity contribution >= 4 is 34.9 Å². The number of carbonyl (C=O) groups excluding carboxylic acids is 2. The van der Waals surface area contributed by atoms with Crippen LogP contribution >= 0.6 is 11.6 Å². The first-order valence-corrected chi connectivity index (χ1v) is 11.0. The van der Waals surface area contributed by atoms with Crippen molar-refractivity contribution in [3.63, 3.8) is 0 Å². The van der Waals surface area contributed by atoms with Crippen LogP contribution < -0.4 is 15.5 Å². The van der Waals surface area contributed by atoms with Crippen molar-refractivity contribution in [3.05, 3.63) is 52.1 Å². The van der Waals surface area contributed by atoms with Crippen LogP contribution in [0.5, 0.6) is 0 Å². The first-order valence-electron chi connectivity index (χ1n) is 10.6. The zero-order chi connectivity index (χ0) is 22.8. The average molecular weight is 461 g/mol. The molecule has 32 heavy (non-hydrogen) atoms. The Bertz CT molecular complexity index is 1040. The second-order valence-corrected chi connectivity index (χ2v) is 8.25. The number of carbonyl (C=O) groups is 2. The van der Waals surface area contributed by atoms with Crippen LogP contribution in [0.15, 0.2) is 24.3 Å². The number of nitrogens with zero attached hydrogens (tertiary/aromatic N) is 4. The Morgan fingerprint density at radius 1 is 1.25 bits per heavy atom. The minimum atomic E-state index is -0.288. The zero-order valence-electron chi connectivity index (χ0n) is 18.1. The first kappa shape index (κ1) is 22.3. The van der Waals surface area contributed by atoms with Crippen LogP contribution in [0.3, 0.4) is 0 Å². The fraction of sp³-hybridized carbons (Fsp3) is 0.409. The van der Waals surface area contributed by atoms with E-state index in [1.165, 1.54) is 0 Å². The van der Waals surface area contributed by atoms with Crippen molar-refractivity contribution in [3.8, 4) is 0 Å². The fourth-order valence-corrected chi connectivity index (χ4v) is 4.36. The molecule has 8 nitrogen and oxygen atoms in total. The first-order chi connectivity index (χ1) is 15.4. The predicted molar refractivity (Wildman–Crippen MR) is 122 cm³/mol. The number of hydrogen-bond acceptors (Lipinski definition) is 5. The summed E-state index contributed by atoms with van der Waals surface area (Å²) < 4.78 is 14.7. The number of halogens is 2. The molecule has 0 aliphatic carbocycles. The third-order valence-corrected chi connectivity index (χ3v) is 6.20. The quantitative estimate of drug-likeness (QED) is 0.670. The van der Waals surface area contributed by atoms with Gasteiger partial charge in [0.15, 0.2) is 5.15 Å². The van der Waals surface area contributed by atoms with Crippen LogP contribution in [0.4, 0.5) is 20.6 Å². The molecule has 1 aromatic carbocycles. The molecule has 0 bridgehead atoms. The minimum Gasteiger partial charge on any atom is -0.366 e. The number of fused-ring (bicyclic) bond motifs is 1. The maximum Gasteiger partial charge on any atom is 0.322 e. The molecule has 3 heterocycles. The molecule has 2 aliphatic heterocycles. The maximum atomic E-state index is 14.7. The summed E-state index contributed by atoms with van der Waals surface area (Å²) in [5.74, 6) is -0.567. The third-order valence-electron chi connectivity index (χ3n) is 5.92. The van der Waals surface area contributed by atoms with E-state index in [1.807, 2.05) is 19.1 Å². The molecule has 2 aliphatic rings. The van der Waals surface area contributed by atoms with Gasteiger partial charge in [-0.1, -0.05) is 11.6 Å². The molecule has 0 atom stereocenters. The van der Waals surface area contributed by atoms with E-state index in [1.54, 1.807) is 24.1 Å². The van der Waals surface area contributed by atoms with Gasteiger partial charge in [0.05, 0.1) is 17.9 Å². The number of piperazine rings is 1. The number of amides is 3. The summed E-state index contributed by atoms with van der Waals surface area (Å²) in [5.41, 5.74) is 2.99. The number of rotatable bonds is 5. The van der Waals surface area contributed by atoms with Crippen molar-refractivity contribution in [2.75, 3.05) is 50.0 Å². The Morgan fingerprint density at radius 3 is 2.66 bits per heavy atom. The lowest BCUT2D eigenvalue weighted by molar-refractivity contribution is 0.0958. The fourth-order valence-electron chi connectivity index (χ4n) is 4.09. The summed E-state index contributed by atoms with van der Waals surface area (Å²) in [4.78, 5) is 34.0. The van der Waals surface area contributed by atoms with Crippen molar-refractivity contribution in [1.82, 2.24) is 20.1 Å². The molecule has 1 fully saturated rings. The molecule has 3 amide bonds. The number of benzene rings is 1. The van der Waals surface area contributed by atoms with Gasteiger partial charge in [0.2, 0.25) is 0 Å².